The van der Waals surface area contributed by atoms with Crippen molar-refractivity contribution < 1.29 is 4.74 Å². The minimum absolute atomic E-state index is 0.658. The van der Waals surface area contributed by atoms with Gasteiger partial charge in [0.2, 0.25) is 0 Å². The van der Waals surface area contributed by atoms with Gasteiger partial charge in [-0.05, 0) is 33.6 Å². The molecule has 0 aliphatic heterocycles. The van der Waals surface area contributed by atoms with Gasteiger partial charge >= 0.3 is 0 Å². The first kappa shape index (κ1) is 14.6. The molecule has 1 aromatic carbocycles. The van der Waals surface area contributed by atoms with Gasteiger partial charge in [-0.3, -0.25) is 4.68 Å². The number of halogens is 2. The van der Waals surface area contributed by atoms with Gasteiger partial charge in [0.05, 0.1) is 19.9 Å². The summed E-state index contributed by atoms with van der Waals surface area (Å²) in [4.78, 5) is 4.36. The van der Waals surface area contributed by atoms with Gasteiger partial charge < -0.3 is 4.74 Å². The number of rotatable bonds is 4. The highest BCUT2D eigenvalue weighted by molar-refractivity contribution is 9.11. The molecule has 21 heavy (non-hydrogen) atoms. The van der Waals surface area contributed by atoms with E-state index in [-0.39, 0.29) is 0 Å². The predicted octanol–water partition coefficient (Wildman–Crippen LogP) is 4.48. The lowest BCUT2D eigenvalue weighted by Gasteiger charge is -2.03. The van der Waals surface area contributed by atoms with E-state index >= 15 is 0 Å². The second kappa shape index (κ2) is 6.17. The molecule has 2 heterocycles. The minimum Gasteiger partial charge on any atom is -0.497 e. The monoisotopic (exact) mass is 383 g/mol. The molecule has 7 heteroatoms. The molecule has 3 rings (SSSR count). The Labute approximate surface area is 139 Å². The van der Waals surface area contributed by atoms with Crippen LogP contribution in [0.5, 0.6) is 5.75 Å². The summed E-state index contributed by atoms with van der Waals surface area (Å²) < 4.78 is 8.44. The first-order valence-electron chi connectivity index (χ1n) is 6.13. The van der Waals surface area contributed by atoms with E-state index in [1.807, 2.05) is 35.1 Å². The standard InChI is InChI=1S/C14H11BrClN3OS/c1-20-11-4-2-9(3-5-11)7-19-8-10(6-17-19)12-13(16)21-14(15)18-12/h2-6,8H,7H2,1H3. The average molecular weight is 385 g/mol. The van der Waals surface area contributed by atoms with Crippen LogP contribution in [0.15, 0.2) is 40.6 Å². The highest BCUT2D eigenvalue weighted by Gasteiger charge is 2.12. The molecule has 108 valence electrons. The number of thiazole rings is 1. The topological polar surface area (TPSA) is 39.9 Å². The number of methoxy groups -OCH3 is 1. The minimum atomic E-state index is 0.658. The van der Waals surface area contributed by atoms with Crippen molar-refractivity contribution in [3.8, 4) is 17.0 Å². The Morgan fingerprint density at radius 2 is 2.10 bits per heavy atom. The summed E-state index contributed by atoms with van der Waals surface area (Å²) in [5, 5.41) is 4.36. The van der Waals surface area contributed by atoms with Crippen LogP contribution in [0.25, 0.3) is 11.3 Å². The third-order valence-electron chi connectivity index (χ3n) is 2.97. The Hall–Kier alpha value is -1.37. The molecule has 0 saturated heterocycles. The summed E-state index contributed by atoms with van der Waals surface area (Å²) in [6.07, 6.45) is 3.72. The second-order valence-corrected chi connectivity index (χ2v) is 7.24. The molecule has 0 bridgehead atoms. The predicted molar refractivity (Wildman–Crippen MR) is 88.1 cm³/mol. The zero-order valence-corrected chi connectivity index (χ0v) is 14.2. The van der Waals surface area contributed by atoms with Crippen molar-refractivity contribution in [2.24, 2.45) is 0 Å². The second-order valence-electron chi connectivity index (χ2n) is 4.36. The Balaban J connectivity index is 1.80. The molecule has 2 aromatic heterocycles. The highest BCUT2D eigenvalue weighted by Crippen LogP contribution is 2.34. The van der Waals surface area contributed by atoms with E-state index in [0.717, 1.165) is 26.5 Å². The maximum Gasteiger partial charge on any atom is 0.161 e. The van der Waals surface area contributed by atoms with E-state index < -0.39 is 0 Å². The molecule has 0 aliphatic carbocycles. The molecule has 4 nitrogen and oxygen atoms in total. The van der Waals surface area contributed by atoms with Gasteiger partial charge in [-0.25, -0.2) is 4.98 Å². The first-order valence-corrected chi connectivity index (χ1v) is 8.12. The summed E-state index contributed by atoms with van der Waals surface area (Å²) in [6.45, 7) is 0.687. The lowest BCUT2D eigenvalue weighted by molar-refractivity contribution is 0.414. The number of ether oxygens (including phenoxy) is 1. The van der Waals surface area contributed by atoms with Crippen molar-refractivity contribution in [1.82, 2.24) is 14.8 Å². The van der Waals surface area contributed by atoms with Gasteiger partial charge in [-0.2, -0.15) is 5.10 Å². The number of nitrogens with zero attached hydrogens (tertiary/aromatic N) is 3. The lowest BCUT2D eigenvalue weighted by Crippen LogP contribution is -1.99. The molecule has 0 aliphatic rings. The van der Waals surface area contributed by atoms with Crippen molar-refractivity contribution in [2.75, 3.05) is 7.11 Å². The van der Waals surface area contributed by atoms with Crippen molar-refractivity contribution in [3.05, 3.63) is 50.5 Å². The Morgan fingerprint density at radius 1 is 1.33 bits per heavy atom. The molecule has 0 amide bonds. The van der Waals surface area contributed by atoms with E-state index in [1.165, 1.54) is 11.3 Å². The lowest BCUT2D eigenvalue weighted by atomic mass is 10.2. The summed E-state index contributed by atoms with van der Waals surface area (Å²) in [5.41, 5.74) is 2.82. The van der Waals surface area contributed by atoms with Crippen LogP contribution in [0.2, 0.25) is 4.34 Å². The fourth-order valence-corrected chi connectivity index (χ4v) is 3.80. The summed E-state index contributed by atoms with van der Waals surface area (Å²) in [6, 6.07) is 7.92. The van der Waals surface area contributed by atoms with Gasteiger partial charge in [0.1, 0.15) is 15.8 Å². The molecule has 0 N–H and O–H groups in total. The molecule has 0 atom stereocenters. The largest absolute Gasteiger partial charge is 0.497 e. The molecule has 0 saturated carbocycles. The summed E-state index contributed by atoms with van der Waals surface area (Å²) in [5.74, 6) is 0.846. The molecule has 0 fully saturated rings. The van der Waals surface area contributed by atoms with Crippen LogP contribution >= 0.6 is 38.9 Å². The SMILES string of the molecule is COc1ccc(Cn2cc(-c3nc(Br)sc3Cl)cn2)cc1. The van der Waals surface area contributed by atoms with Crippen LogP contribution in [0.1, 0.15) is 5.56 Å². The van der Waals surface area contributed by atoms with Crippen LogP contribution in [0, 0.1) is 0 Å². The molecule has 0 spiro atoms. The Kier molecular flexibility index (Phi) is 4.28. The van der Waals surface area contributed by atoms with E-state index in [2.05, 4.69) is 26.0 Å². The smallest absolute Gasteiger partial charge is 0.161 e. The number of hydrogen-bond acceptors (Lipinski definition) is 4. The van der Waals surface area contributed by atoms with Gasteiger partial charge in [-0.1, -0.05) is 35.1 Å². The van der Waals surface area contributed by atoms with Crippen molar-refractivity contribution in [1.29, 1.82) is 0 Å². The molecule has 0 unspecified atom stereocenters. The molecule has 0 radical (unpaired) electrons. The Bertz CT molecular complexity index is 754. The number of aromatic nitrogens is 3. The van der Waals surface area contributed by atoms with Crippen LogP contribution < -0.4 is 4.74 Å². The maximum atomic E-state index is 6.16. The van der Waals surface area contributed by atoms with Crippen LogP contribution in [0.4, 0.5) is 0 Å². The average Bonchev–Trinajstić information content (AvgIpc) is 3.06. The molecular formula is C14H11BrClN3OS. The Morgan fingerprint density at radius 3 is 2.71 bits per heavy atom. The van der Waals surface area contributed by atoms with Crippen molar-refractivity contribution in [3.63, 3.8) is 0 Å². The summed E-state index contributed by atoms with van der Waals surface area (Å²) >= 11 is 10.9. The van der Waals surface area contributed by atoms with E-state index in [4.69, 9.17) is 16.3 Å². The van der Waals surface area contributed by atoms with Gasteiger partial charge in [-0.15, -0.1) is 0 Å². The quantitative estimate of drug-likeness (QED) is 0.666. The van der Waals surface area contributed by atoms with E-state index in [9.17, 15) is 0 Å². The normalized spacial score (nSPS) is 10.8. The van der Waals surface area contributed by atoms with Crippen LogP contribution in [-0.4, -0.2) is 21.9 Å². The van der Waals surface area contributed by atoms with E-state index in [1.54, 1.807) is 13.3 Å². The molecular weight excluding hydrogens is 374 g/mol. The van der Waals surface area contributed by atoms with Gasteiger partial charge in [0.25, 0.3) is 0 Å². The van der Waals surface area contributed by atoms with Gasteiger partial charge in [0, 0.05) is 11.8 Å². The fraction of sp³-hybridized carbons (Fsp3) is 0.143. The number of hydrogen-bond donors (Lipinski definition) is 0. The summed E-state index contributed by atoms with van der Waals surface area (Å²) in [7, 11) is 1.66. The van der Waals surface area contributed by atoms with Crippen molar-refractivity contribution in [2.45, 2.75) is 6.54 Å². The third kappa shape index (κ3) is 3.28. The van der Waals surface area contributed by atoms with Gasteiger partial charge in [0.15, 0.2) is 3.92 Å². The van der Waals surface area contributed by atoms with Crippen LogP contribution in [-0.2, 0) is 6.54 Å². The third-order valence-corrected chi connectivity index (χ3v) is 4.68. The number of benzene rings is 1. The van der Waals surface area contributed by atoms with Crippen molar-refractivity contribution >= 4 is 38.9 Å². The van der Waals surface area contributed by atoms with Crippen LogP contribution in [0.3, 0.4) is 0 Å². The zero-order chi connectivity index (χ0) is 14.8. The van der Waals surface area contributed by atoms with E-state index in [0.29, 0.717) is 10.9 Å². The highest BCUT2D eigenvalue weighted by atomic mass is 79.9. The fourth-order valence-electron chi connectivity index (χ4n) is 1.95. The first-order chi connectivity index (χ1) is 10.2. The molecule has 3 aromatic rings. The zero-order valence-electron chi connectivity index (χ0n) is 11.1. The maximum absolute atomic E-state index is 6.16.